The van der Waals surface area contributed by atoms with Crippen molar-refractivity contribution in [1.82, 2.24) is 0 Å². The largest absolute Gasteiger partial charge is 0.481 e. The molecule has 0 bridgehead atoms. The van der Waals surface area contributed by atoms with E-state index in [0.717, 1.165) is 12.8 Å². The number of hydrogen-bond acceptors (Lipinski definition) is 4. The second-order valence-electron chi connectivity index (χ2n) is 6.28. The van der Waals surface area contributed by atoms with Gasteiger partial charge >= 0.3 is 11.9 Å². The molecule has 0 aromatic carbocycles. The predicted octanol–water partition coefficient (Wildman–Crippen LogP) is 1.75. The van der Waals surface area contributed by atoms with E-state index in [2.05, 4.69) is 6.58 Å². The quantitative estimate of drug-likeness (QED) is 0.608. The maximum absolute atomic E-state index is 11.7. The van der Waals surface area contributed by atoms with Gasteiger partial charge in [0.05, 0.1) is 0 Å². The number of fused-ring (bicyclic) bond motifs is 1. The molecule has 5 nitrogen and oxygen atoms in total. The van der Waals surface area contributed by atoms with Crippen LogP contribution in [0.3, 0.4) is 0 Å². The second kappa shape index (κ2) is 5.20. The molecule has 5 atom stereocenters. The summed E-state index contributed by atoms with van der Waals surface area (Å²) in [6.45, 7) is 7.45. The summed E-state index contributed by atoms with van der Waals surface area (Å²) in [4.78, 5) is 22.5. The van der Waals surface area contributed by atoms with Gasteiger partial charge in [-0.05, 0) is 38.0 Å². The predicted molar refractivity (Wildman–Crippen MR) is 71.9 cm³/mol. The van der Waals surface area contributed by atoms with E-state index in [-0.39, 0.29) is 24.2 Å². The van der Waals surface area contributed by atoms with E-state index in [1.165, 1.54) is 0 Å². The molecule has 0 aromatic heterocycles. The van der Waals surface area contributed by atoms with Crippen LogP contribution < -0.4 is 0 Å². The summed E-state index contributed by atoms with van der Waals surface area (Å²) in [5.41, 5.74) is -0.785. The molecule has 1 heterocycles. The number of carbonyl (C=O) groups is 2. The zero-order valence-corrected chi connectivity index (χ0v) is 12.0. The van der Waals surface area contributed by atoms with Crippen LogP contribution in [0.25, 0.3) is 0 Å². The summed E-state index contributed by atoms with van der Waals surface area (Å²) in [5, 5.41) is 19.8. The molecule has 1 aliphatic carbocycles. The summed E-state index contributed by atoms with van der Waals surface area (Å²) >= 11 is 0. The lowest BCUT2D eigenvalue weighted by molar-refractivity contribution is -0.162. The van der Waals surface area contributed by atoms with Crippen molar-refractivity contribution >= 4 is 11.9 Å². The van der Waals surface area contributed by atoms with Gasteiger partial charge in [0, 0.05) is 17.9 Å². The lowest BCUT2D eigenvalue weighted by Crippen LogP contribution is -2.49. The Morgan fingerprint density at radius 3 is 2.75 bits per heavy atom. The molecule has 112 valence electrons. The van der Waals surface area contributed by atoms with E-state index in [1.54, 1.807) is 6.92 Å². The molecule has 0 radical (unpaired) electrons. The van der Waals surface area contributed by atoms with E-state index in [0.29, 0.717) is 12.0 Å². The van der Waals surface area contributed by atoms with E-state index >= 15 is 0 Å². The van der Waals surface area contributed by atoms with E-state index < -0.39 is 23.6 Å². The lowest BCUT2D eigenvalue weighted by atomic mass is 9.74. The molecule has 2 rings (SSSR count). The first kappa shape index (κ1) is 15.0. The highest BCUT2D eigenvalue weighted by Gasteiger charge is 2.54. The number of ether oxygens (including phenoxy) is 1. The Morgan fingerprint density at radius 1 is 1.50 bits per heavy atom. The van der Waals surface area contributed by atoms with Gasteiger partial charge in [-0.3, -0.25) is 4.79 Å². The summed E-state index contributed by atoms with van der Waals surface area (Å²) in [7, 11) is 0. The van der Waals surface area contributed by atoms with Crippen LogP contribution in [0, 0.1) is 17.8 Å². The van der Waals surface area contributed by atoms with Gasteiger partial charge < -0.3 is 14.9 Å². The minimum atomic E-state index is -1.22. The number of carboxylic acid groups (broad SMARTS) is 1. The number of aliphatic carboxylic acids is 1. The molecule has 20 heavy (non-hydrogen) atoms. The lowest BCUT2D eigenvalue weighted by Gasteiger charge is -2.38. The smallest absolute Gasteiger partial charge is 0.334 e. The van der Waals surface area contributed by atoms with Crippen LogP contribution in [0.15, 0.2) is 12.2 Å². The van der Waals surface area contributed by atoms with E-state index in [4.69, 9.17) is 9.84 Å². The highest BCUT2D eigenvalue weighted by atomic mass is 16.6. The van der Waals surface area contributed by atoms with Gasteiger partial charge in [0.2, 0.25) is 0 Å². The van der Waals surface area contributed by atoms with Crippen LogP contribution in [0.5, 0.6) is 0 Å². The van der Waals surface area contributed by atoms with Crippen LogP contribution >= 0.6 is 0 Å². The van der Waals surface area contributed by atoms with Crippen molar-refractivity contribution in [3.8, 4) is 0 Å². The topological polar surface area (TPSA) is 83.8 Å². The summed E-state index contributed by atoms with van der Waals surface area (Å²) in [6.07, 6.45) is 1.37. The third kappa shape index (κ3) is 2.46. The molecule has 5 unspecified atom stereocenters. The van der Waals surface area contributed by atoms with E-state index in [9.17, 15) is 14.7 Å². The molecular formula is C15H22O5. The minimum Gasteiger partial charge on any atom is -0.481 e. The average molecular weight is 282 g/mol. The number of rotatable bonds is 3. The maximum Gasteiger partial charge on any atom is 0.334 e. The first-order valence-electron chi connectivity index (χ1n) is 7.09. The fraction of sp³-hybridized carbons (Fsp3) is 0.733. The van der Waals surface area contributed by atoms with Crippen molar-refractivity contribution in [3.05, 3.63) is 12.2 Å². The van der Waals surface area contributed by atoms with E-state index in [1.807, 2.05) is 6.92 Å². The second-order valence-corrected chi connectivity index (χ2v) is 6.28. The third-order valence-corrected chi connectivity index (χ3v) is 4.93. The fourth-order valence-electron chi connectivity index (χ4n) is 3.75. The average Bonchev–Trinajstić information content (AvgIpc) is 2.58. The van der Waals surface area contributed by atoms with Crippen LogP contribution in [-0.2, 0) is 14.3 Å². The zero-order chi connectivity index (χ0) is 15.1. The number of aliphatic hydroxyl groups is 1. The SMILES string of the molecule is C=C1C(=O)OC2C1CCC(C)C(CCC(=O)O)C2(C)O. The molecule has 5 heteroatoms. The summed E-state index contributed by atoms with van der Waals surface area (Å²) < 4.78 is 5.32. The van der Waals surface area contributed by atoms with Gasteiger partial charge in [0.15, 0.2) is 0 Å². The Morgan fingerprint density at radius 2 is 2.15 bits per heavy atom. The van der Waals surface area contributed by atoms with Crippen LogP contribution in [0.2, 0.25) is 0 Å². The summed E-state index contributed by atoms with van der Waals surface area (Å²) in [6, 6.07) is 0. The Balaban J connectivity index is 2.26. The molecule has 1 aliphatic heterocycles. The van der Waals surface area contributed by atoms with Crippen molar-refractivity contribution in [2.24, 2.45) is 17.8 Å². The standard InChI is InChI=1S/C15H22O5/c1-8-4-5-10-9(2)14(18)20-13(10)15(3,19)11(8)6-7-12(16)17/h8,10-11,13,19H,2,4-7H2,1,3H3,(H,16,17). The maximum atomic E-state index is 11.7. The molecule has 0 spiro atoms. The fourth-order valence-corrected chi connectivity index (χ4v) is 3.75. The number of esters is 1. The normalized spacial score (nSPS) is 41.0. The third-order valence-electron chi connectivity index (χ3n) is 4.93. The molecule has 2 N–H and O–H groups in total. The van der Waals surface area contributed by atoms with Gasteiger partial charge in [-0.2, -0.15) is 0 Å². The first-order valence-corrected chi connectivity index (χ1v) is 7.09. The molecule has 1 saturated heterocycles. The van der Waals surface area contributed by atoms with Crippen LogP contribution in [0.4, 0.5) is 0 Å². The number of carbonyl (C=O) groups excluding carboxylic acids is 1. The molecule has 0 aromatic rings. The zero-order valence-electron chi connectivity index (χ0n) is 12.0. The number of hydrogen-bond donors (Lipinski definition) is 2. The van der Waals surface area contributed by atoms with Gasteiger partial charge in [-0.15, -0.1) is 0 Å². The molecule has 1 saturated carbocycles. The Kier molecular flexibility index (Phi) is 3.91. The minimum absolute atomic E-state index is 0.0113. The van der Waals surface area contributed by atoms with Crippen molar-refractivity contribution in [3.63, 3.8) is 0 Å². The van der Waals surface area contributed by atoms with Gasteiger partial charge in [-0.1, -0.05) is 13.5 Å². The Labute approximate surface area is 118 Å². The monoisotopic (exact) mass is 282 g/mol. The molecule has 2 fully saturated rings. The highest BCUT2D eigenvalue weighted by molar-refractivity contribution is 5.91. The number of carboxylic acids is 1. The van der Waals surface area contributed by atoms with Crippen LogP contribution in [0.1, 0.15) is 39.5 Å². The molecule has 0 amide bonds. The van der Waals surface area contributed by atoms with Gasteiger partial charge in [-0.25, -0.2) is 4.79 Å². The van der Waals surface area contributed by atoms with Gasteiger partial charge in [0.1, 0.15) is 11.7 Å². The first-order chi connectivity index (χ1) is 9.25. The van der Waals surface area contributed by atoms with Gasteiger partial charge in [0.25, 0.3) is 0 Å². The van der Waals surface area contributed by atoms with Crippen molar-refractivity contribution in [2.75, 3.05) is 0 Å². The highest BCUT2D eigenvalue weighted by Crippen LogP contribution is 2.47. The molecular weight excluding hydrogens is 260 g/mol. The Hall–Kier alpha value is -1.36. The van der Waals surface area contributed by atoms with Crippen molar-refractivity contribution in [1.29, 1.82) is 0 Å². The molecule has 2 aliphatic rings. The van der Waals surface area contributed by atoms with Crippen molar-refractivity contribution < 1.29 is 24.5 Å². The summed E-state index contributed by atoms with van der Waals surface area (Å²) in [5.74, 6) is -1.49. The van der Waals surface area contributed by atoms with Crippen molar-refractivity contribution in [2.45, 2.75) is 51.2 Å². The van der Waals surface area contributed by atoms with Crippen LogP contribution in [-0.4, -0.2) is 33.9 Å². The Bertz CT molecular complexity index is 440.